The van der Waals surface area contributed by atoms with Crippen molar-refractivity contribution in [3.8, 4) is 34.0 Å². The van der Waals surface area contributed by atoms with Crippen LogP contribution in [0.3, 0.4) is 0 Å². The summed E-state index contributed by atoms with van der Waals surface area (Å²) in [5.74, 6) is -0.148. The number of phenols is 1. The third-order valence-corrected chi connectivity index (χ3v) is 8.12. The Hall–Kier alpha value is -3.58. The van der Waals surface area contributed by atoms with Gasteiger partial charge in [0.2, 0.25) is 5.88 Å². The van der Waals surface area contributed by atoms with E-state index in [-0.39, 0.29) is 23.8 Å². The van der Waals surface area contributed by atoms with Crippen molar-refractivity contribution >= 4 is 29.1 Å². The van der Waals surface area contributed by atoms with Gasteiger partial charge in [0, 0.05) is 33.3 Å². The summed E-state index contributed by atoms with van der Waals surface area (Å²) in [7, 11) is 0. The summed E-state index contributed by atoms with van der Waals surface area (Å²) in [6.07, 6.45) is 1.000. The van der Waals surface area contributed by atoms with E-state index in [1.807, 2.05) is 63.2 Å². The number of pyridine rings is 1. The standard InChI is InChI=1S/C34H34Cl2N2O4/c1-20-15-24(36)13-14-25(20)30-27(21-9-11-23(35)12-10-21)16-28-22(17-33(2,3)42-32(28)38-30)18-34(4,41)19-37-31(40)26-7-5-6-8-29(26)39/h5-16,22,39,41H,17-19H2,1-4H3,(H,37,40). The fraction of sp³-hybridized carbons (Fsp3) is 0.294. The molecule has 1 aliphatic heterocycles. The van der Waals surface area contributed by atoms with E-state index in [2.05, 4.69) is 11.4 Å². The van der Waals surface area contributed by atoms with E-state index in [1.54, 1.807) is 25.1 Å². The lowest BCUT2D eigenvalue weighted by atomic mass is 9.78. The molecule has 6 nitrogen and oxygen atoms in total. The minimum atomic E-state index is -1.25. The number of nitrogens with one attached hydrogen (secondary N) is 1. The van der Waals surface area contributed by atoms with Crippen LogP contribution >= 0.6 is 23.2 Å². The lowest BCUT2D eigenvalue weighted by Crippen LogP contribution is -2.44. The van der Waals surface area contributed by atoms with E-state index in [4.69, 9.17) is 32.9 Å². The van der Waals surface area contributed by atoms with Crippen molar-refractivity contribution in [3.63, 3.8) is 0 Å². The predicted octanol–water partition coefficient (Wildman–Crippen LogP) is 7.95. The number of amides is 1. The number of benzene rings is 3. The smallest absolute Gasteiger partial charge is 0.255 e. The highest BCUT2D eigenvalue weighted by Crippen LogP contribution is 2.47. The van der Waals surface area contributed by atoms with Crippen LogP contribution in [0.25, 0.3) is 22.4 Å². The lowest BCUT2D eigenvalue weighted by Gasteiger charge is -2.40. The first-order chi connectivity index (χ1) is 19.8. The van der Waals surface area contributed by atoms with Gasteiger partial charge in [-0.1, -0.05) is 53.5 Å². The van der Waals surface area contributed by atoms with Crippen LogP contribution in [0.5, 0.6) is 11.6 Å². The molecule has 5 rings (SSSR count). The molecule has 0 fully saturated rings. The highest BCUT2D eigenvalue weighted by Gasteiger charge is 2.39. The van der Waals surface area contributed by atoms with Crippen LogP contribution in [0, 0.1) is 6.92 Å². The van der Waals surface area contributed by atoms with Crippen molar-refractivity contribution in [3.05, 3.63) is 99.5 Å². The third kappa shape index (κ3) is 6.57. The molecule has 2 heterocycles. The molecule has 0 aliphatic carbocycles. The molecule has 1 aliphatic rings. The predicted molar refractivity (Wildman–Crippen MR) is 168 cm³/mol. The number of nitrogens with zero attached hydrogens (tertiary/aromatic N) is 1. The monoisotopic (exact) mass is 604 g/mol. The summed E-state index contributed by atoms with van der Waals surface area (Å²) < 4.78 is 6.43. The van der Waals surface area contributed by atoms with Crippen LogP contribution in [-0.4, -0.2) is 38.9 Å². The number of carbonyl (C=O) groups excluding carboxylic acids is 1. The van der Waals surface area contributed by atoms with Crippen LogP contribution < -0.4 is 10.1 Å². The Labute approximate surface area is 256 Å². The summed E-state index contributed by atoms with van der Waals surface area (Å²) in [4.78, 5) is 17.8. The van der Waals surface area contributed by atoms with Gasteiger partial charge in [-0.25, -0.2) is 4.98 Å². The molecular weight excluding hydrogens is 571 g/mol. The molecule has 0 bridgehead atoms. The second kappa shape index (κ2) is 11.6. The average molecular weight is 606 g/mol. The van der Waals surface area contributed by atoms with E-state index in [0.29, 0.717) is 28.8 Å². The van der Waals surface area contributed by atoms with Crippen LogP contribution in [0.4, 0.5) is 0 Å². The molecule has 1 amide bonds. The number of aromatic nitrogens is 1. The number of hydrogen-bond acceptors (Lipinski definition) is 5. The number of para-hydroxylation sites is 1. The molecular formula is C34H34Cl2N2O4. The van der Waals surface area contributed by atoms with Crippen LogP contribution in [0.2, 0.25) is 10.0 Å². The van der Waals surface area contributed by atoms with Crippen molar-refractivity contribution in [2.45, 2.75) is 57.7 Å². The van der Waals surface area contributed by atoms with Crippen LogP contribution in [0.1, 0.15) is 61.0 Å². The maximum absolute atomic E-state index is 12.7. The zero-order chi connectivity index (χ0) is 30.2. The Bertz CT molecular complexity index is 1630. The number of hydrogen-bond donors (Lipinski definition) is 3. The fourth-order valence-electron chi connectivity index (χ4n) is 5.66. The summed E-state index contributed by atoms with van der Waals surface area (Å²) in [6, 6.07) is 21.8. The van der Waals surface area contributed by atoms with Crippen LogP contribution in [0.15, 0.2) is 72.8 Å². The molecule has 2 unspecified atom stereocenters. The molecule has 3 N–H and O–H groups in total. The van der Waals surface area contributed by atoms with Gasteiger partial charge in [-0.2, -0.15) is 0 Å². The van der Waals surface area contributed by atoms with E-state index in [9.17, 15) is 15.0 Å². The zero-order valence-electron chi connectivity index (χ0n) is 24.0. The topological polar surface area (TPSA) is 91.7 Å². The fourth-order valence-corrected chi connectivity index (χ4v) is 6.01. The van der Waals surface area contributed by atoms with Crippen molar-refractivity contribution in [1.82, 2.24) is 10.3 Å². The van der Waals surface area contributed by atoms with E-state index in [0.717, 1.165) is 33.5 Å². The Morgan fingerprint density at radius 2 is 1.74 bits per heavy atom. The Kier molecular flexibility index (Phi) is 8.26. The maximum atomic E-state index is 12.7. The van der Waals surface area contributed by atoms with Gasteiger partial charge < -0.3 is 20.3 Å². The number of carbonyl (C=O) groups is 1. The highest BCUT2D eigenvalue weighted by atomic mass is 35.5. The minimum Gasteiger partial charge on any atom is -0.507 e. The number of aromatic hydroxyl groups is 1. The van der Waals surface area contributed by atoms with Gasteiger partial charge in [-0.05, 0) is 100 Å². The zero-order valence-corrected chi connectivity index (χ0v) is 25.6. The van der Waals surface area contributed by atoms with Crippen molar-refractivity contribution < 1.29 is 19.7 Å². The normalized spacial score (nSPS) is 17.1. The summed E-state index contributed by atoms with van der Waals surface area (Å²) in [5, 5.41) is 25.6. The van der Waals surface area contributed by atoms with Crippen molar-refractivity contribution in [2.24, 2.45) is 0 Å². The average Bonchev–Trinajstić information content (AvgIpc) is 2.91. The Morgan fingerprint density at radius 3 is 2.43 bits per heavy atom. The van der Waals surface area contributed by atoms with Gasteiger partial charge in [0.05, 0.1) is 16.9 Å². The van der Waals surface area contributed by atoms with Gasteiger partial charge in [0.25, 0.3) is 5.91 Å². The molecule has 0 radical (unpaired) electrons. The first-order valence-corrected chi connectivity index (χ1v) is 14.6. The molecule has 218 valence electrons. The largest absolute Gasteiger partial charge is 0.507 e. The molecule has 1 aromatic heterocycles. The minimum absolute atomic E-state index is 0.00676. The highest BCUT2D eigenvalue weighted by molar-refractivity contribution is 6.31. The molecule has 3 aromatic carbocycles. The van der Waals surface area contributed by atoms with E-state index >= 15 is 0 Å². The molecule has 2 atom stereocenters. The van der Waals surface area contributed by atoms with E-state index in [1.165, 1.54) is 6.07 Å². The second-order valence-electron chi connectivity index (χ2n) is 11.9. The Balaban J connectivity index is 1.52. The Morgan fingerprint density at radius 1 is 1.05 bits per heavy atom. The molecule has 0 saturated heterocycles. The summed E-state index contributed by atoms with van der Waals surface area (Å²) in [6.45, 7) is 7.74. The molecule has 8 heteroatoms. The third-order valence-electron chi connectivity index (χ3n) is 7.63. The van der Waals surface area contributed by atoms with Crippen molar-refractivity contribution in [1.29, 1.82) is 0 Å². The first-order valence-electron chi connectivity index (χ1n) is 13.9. The van der Waals surface area contributed by atoms with Gasteiger partial charge in [-0.3, -0.25) is 4.79 Å². The molecule has 42 heavy (non-hydrogen) atoms. The number of aliphatic hydroxyl groups is 1. The number of halogens is 2. The molecule has 0 saturated carbocycles. The summed E-state index contributed by atoms with van der Waals surface area (Å²) >= 11 is 12.5. The van der Waals surface area contributed by atoms with Gasteiger partial charge in [-0.15, -0.1) is 0 Å². The van der Waals surface area contributed by atoms with Crippen LogP contribution in [-0.2, 0) is 0 Å². The quantitative estimate of drug-likeness (QED) is 0.199. The maximum Gasteiger partial charge on any atom is 0.255 e. The van der Waals surface area contributed by atoms with Gasteiger partial charge in [0.1, 0.15) is 11.4 Å². The summed E-state index contributed by atoms with van der Waals surface area (Å²) in [5.41, 5.74) is 3.82. The van der Waals surface area contributed by atoms with Gasteiger partial charge >= 0.3 is 0 Å². The van der Waals surface area contributed by atoms with E-state index < -0.39 is 17.1 Å². The second-order valence-corrected chi connectivity index (χ2v) is 12.8. The van der Waals surface area contributed by atoms with Crippen molar-refractivity contribution in [2.75, 3.05) is 6.54 Å². The molecule has 4 aromatic rings. The number of phenolic OH excluding ortho intramolecular Hbond substituents is 1. The number of ether oxygens (including phenoxy) is 1. The number of aryl methyl sites for hydroxylation is 1. The SMILES string of the molecule is Cc1cc(Cl)ccc1-c1nc2c(cc1-c1ccc(Cl)cc1)C(CC(C)(O)CNC(=O)c1ccccc1O)CC(C)(C)O2. The number of fused-ring (bicyclic) bond motifs is 1. The van der Waals surface area contributed by atoms with Gasteiger partial charge in [0.15, 0.2) is 0 Å². The first kappa shape index (κ1) is 29.9. The number of rotatable bonds is 7. The lowest BCUT2D eigenvalue weighted by molar-refractivity contribution is 0.0159. The molecule has 0 spiro atoms.